The van der Waals surface area contributed by atoms with Crippen molar-refractivity contribution in [2.24, 2.45) is 10.9 Å². The Morgan fingerprint density at radius 3 is 2.61 bits per heavy atom. The highest BCUT2D eigenvalue weighted by atomic mass is 127. The summed E-state index contributed by atoms with van der Waals surface area (Å²) in [5.74, 6) is 3.28. The van der Waals surface area contributed by atoms with Gasteiger partial charge in [-0.25, -0.2) is 0 Å². The lowest BCUT2D eigenvalue weighted by Gasteiger charge is -2.34. The van der Waals surface area contributed by atoms with E-state index in [2.05, 4.69) is 34.4 Å². The van der Waals surface area contributed by atoms with E-state index in [9.17, 15) is 0 Å². The van der Waals surface area contributed by atoms with Crippen LogP contribution in [0, 0.1) is 5.92 Å². The van der Waals surface area contributed by atoms with Gasteiger partial charge in [0.25, 0.3) is 0 Å². The molecule has 0 bridgehead atoms. The van der Waals surface area contributed by atoms with E-state index < -0.39 is 0 Å². The van der Waals surface area contributed by atoms with Crippen LogP contribution in [0.25, 0.3) is 0 Å². The zero-order chi connectivity index (χ0) is 19.5. The zero-order valence-electron chi connectivity index (χ0n) is 17.7. The molecule has 1 saturated heterocycles. The van der Waals surface area contributed by atoms with Crippen molar-refractivity contribution in [3.8, 4) is 11.5 Å². The molecule has 1 aliphatic heterocycles. The third kappa shape index (κ3) is 9.32. The fourth-order valence-corrected chi connectivity index (χ4v) is 3.32. The van der Waals surface area contributed by atoms with E-state index in [1.165, 1.54) is 32.5 Å². The number of methoxy groups -OCH3 is 1. The third-order valence-corrected chi connectivity index (χ3v) is 4.70. The number of likely N-dealkylation sites (tertiary alicyclic amines) is 1. The predicted molar refractivity (Wildman–Crippen MR) is 127 cm³/mol. The first kappa shape index (κ1) is 24.8. The second-order valence-corrected chi connectivity index (χ2v) is 7.49. The van der Waals surface area contributed by atoms with Crippen LogP contribution in [0.15, 0.2) is 29.3 Å². The number of hydrogen-bond acceptors (Lipinski definition) is 4. The second kappa shape index (κ2) is 13.9. The standard InChI is InChI=1S/C21H36N4O2.HI/c1-17(2)16-25-12-9-18(10-13-25)24-21(22-3)23-11-6-14-27-20-8-5-7-19(15-20)26-4;/h5,7-8,15,17-18H,6,9-14,16H2,1-4H3,(H2,22,23,24);1H. The van der Waals surface area contributed by atoms with Gasteiger partial charge in [0, 0.05) is 45.3 Å². The van der Waals surface area contributed by atoms with E-state index in [1.807, 2.05) is 31.3 Å². The molecule has 160 valence electrons. The molecule has 28 heavy (non-hydrogen) atoms. The van der Waals surface area contributed by atoms with E-state index in [-0.39, 0.29) is 24.0 Å². The number of nitrogens with zero attached hydrogens (tertiary/aromatic N) is 2. The van der Waals surface area contributed by atoms with Crippen molar-refractivity contribution in [1.29, 1.82) is 0 Å². The minimum absolute atomic E-state index is 0. The van der Waals surface area contributed by atoms with Gasteiger partial charge < -0.3 is 25.0 Å². The number of ether oxygens (including phenoxy) is 2. The molecule has 1 fully saturated rings. The van der Waals surface area contributed by atoms with Crippen LogP contribution in [0.5, 0.6) is 11.5 Å². The third-order valence-electron chi connectivity index (χ3n) is 4.70. The molecule has 2 rings (SSSR count). The summed E-state index contributed by atoms with van der Waals surface area (Å²) in [5.41, 5.74) is 0. The predicted octanol–water partition coefficient (Wildman–Crippen LogP) is 3.37. The Hall–Kier alpha value is -1.22. The summed E-state index contributed by atoms with van der Waals surface area (Å²) in [6, 6.07) is 8.21. The van der Waals surface area contributed by atoms with Gasteiger partial charge in [-0.1, -0.05) is 19.9 Å². The highest BCUT2D eigenvalue weighted by molar-refractivity contribution is 14.0. The normalized spacial score (nSPS) is 15.8. The Bertz CT molecular complexity index is 575. The van der Waals surface area contributed by atoms with Gasteiger partial charge in [-0.3, -0.25) is 4.99 Å². The van der Waals surface area contributed by atoms with E-state index in [0.717, 1.165) is 36.3 Å². The van der Waals surface area contributed by atoms with E-state index in [4.69, 9.17) is 9.47 Å². The van der Waals surface area contributed by atoms with Gasteiger partial charge in [0.05, 0.1) is 13.7 Å². The van der Waals surface area contributed by atoms with Crippen LogP contribution in [-0.4, -0.2) is 63.8 Å². The van der Waals surface area contributed by atoms with Crippen molar-refractivity contribution in [1.82, 2.24) is 15.5 Å². The van der Waals surface area contributed by atoms with E-state index in [0.29, 0.717) is 12.6 Å². The second-order valence-electron chi connectivity index (χ2n) is 7.49. The van der Waals surface area contributed by atoms with Gasteiger partial charge >= 0.3 is 0 Å². The summed E-state index contributed by atoms with van der Waals surface area (Å²) < 4.78 is 11.0. The van der Waals surface area contributed by atoms with Gasteiger partial charge in [0.2, 0.25) is 0 Å². The van der Waals surface area contributed by atoms with Crippen LogP contribution in [0.4, 0.5) is 0 Å². The Balaban J connectivity index is 0.00000392. The molecule has 1 aliphatic rings. The summed E-state index contributed by atoms with van der Waals surface area (Å²) in [7, 11) is 3.49. The average molecular weight is 504 g/mol. The molecule has 0 amide bonds. The number of aliphatic imine (C=N–C) groups is 1. The van der Waals surface area contributed by atoms with Crippen molar-refractivity contribution in [3.63, 3.8) is 0 Å². The Kier molecular flexibility index (Phi) is 12.3. The molecular formula is C21H37IN4O2. The largest absolute Gasteiger partial charge is 0.497 e. The highest BCUT2D eigenvalue weighted by Crippen LogP contribution is 2.18. The van der Waals surface area contributed by atoms with Gasteiger partial charge in [0.1, 0.15) is 11.5 Å². The first-order chi connectivity index (χ1) is 13.1. The molecule has 0 atom stereocenters. The molecule has 0 unspecified atom stereocenters. The number of nitrogens with one attached hydrogen (secondary N) is 2. The molecule has 1 aromatic carbocycles. The SMILES string of the molecule is CN=C(NCCCOc1cccc(OC)c1)NC1CCN(CC(C)C)CC1.I. The minimum atomic E-state index is 0. The lowest BCUT2D eigenvalue weighted by molar-refractivity contribution is 0.187. The quantitative estimate of drug-likeness (QED) is 0.234. The Morgan fingerprint density at radius 2 is 1.96 bits per heavy atom. The summed E-state index contributed by atoms with van der Waals surface area (Å²) in [5, 5.41) is 6.95. The van der Waals surface area contributed by atoms with Crippen LogP contribution < -0.4 is 20.1 Å². The fourth-order valence-electron chi connectivity index (χ4n) is 3.32. The molecule has 0 saturated carbocycles. The van der Waals surface area contributed by atoms with Crippen LogP contribution in [0.1, 0.15) is 33.1 Å². The number of rotatable bonds is 9. The molecule has 2 N–H and O–H groups in total. The number of piperidine rings is 1. The lowest BCUT2D eigenvalue weighted by atomic mass is 10.0. The molecule has 0 radical (unpaired) electrons. The molecule has 0 spiro atoms. The minimum Gasteiger partial charge on any atom is -0.497 e. The topological polar surface area (TPSA) is 58.1 Å². The molecule has 0 aliphatic carbocycles. The Labute approximate surface area is 187 Å². The van der Waals surface area contributed by atoms with Crippen molar-refractivity contribution < 1.29 is 9.47 Å². The van der Waals surface area contributed by atoms with Crippen molar-refractivity contribution in [2.45, 2.75) is 39.2 Å². The summed E-state index contributed by atoms with van der Waals surface area (Å²) >= 11 is 0. The monoisotopic (exact) mass is 504 g/mol. The number of halogens is 1. The summed E-state index contributed by atoms with van der Waals surface area (Å²) in [6.45, 7) is 9.60. The van der Waals surface area contributed by atoms with Crippen LogP contribution in [-0.2, 0) is 0 Å². The van der Waals surface area contributed by atoms with Crippen LogP contribution in [0.2, 0.25) is 0 Å². The number of guanidine groups is 1. The number of hydrogen-bond donors (Lipinski definition) is 2. The van der Waals surface area contributed by atoms with Gasteiger partial charge in [0.15, 0.2) is 5.96 Å². The molecular weight excluding hydrogens is 467 g/mol. The molecule has 1 heterocycles. The van der Waals surface area contributed by atoms with Gasteiger partial charge in [-0.05, 0) is 37.3 Å². The van der Waals surface area contributed by atoms with Crippen molar-refractivity contribution in [3.05, 3.63) is 24.3 Å². The maximum Gasteiger partial charge on any atom is 0.191 e. The first-order valence-electron chi connectivity index (χ1n) is 10.1. The van der Waals surface area contributed by atoms with Crippen molar-refractivity contribution in [2.75, 3.05) is 46.9 Å². The number of benzene rings is 1. The van der Waals surface area contributed by atoms with Crippen LogP contribution in [0.3, 0.4) is 0 Å². The van der Waals surface area contributed by atoms with Crippen LogP contribution >= 0.6 is 24.0 Å². The average Bonchev–Trinajstić information content (AvgIpc) is 2.68. The first-order valence-corrected chi connectivity index (χ1v) is 10.1. The smallest absolute Gasteiger partial charge is 0.191 e. The Morgan fingerprint density at radius 1 is 1.25 bits per heavy atom. The van der Waals surface area contributed by atoms with E-state index in [1.54, 1.807) is 7.11 Å². The summed E-state index contributed by atoms with van der Waals surface area (Å²) in [6.07, 6.45) is 3.25. The fraction of sp³-hybridized carbons (Fsp3) is 0.667. The molecule has 6 nitrogen and oxygen atoms in total. The molecule has 1 aromatic rings. The lowest BCUT2D eigenvalue weighted by Crippen LogP contribution is -2.49. The maximum absolute atomic E-state index is 5.77. The highest BCUT2D eigenvalue weighted by Gasteiger charge is 2.20. The molecule has 0 aromatic heterocycles. The van der Waals surface area contributed by atoms with Gasteiger partial charge in [-0.15, -0.1) is 24.0 Å². The maximum atomic E-state index is 5.77. The summed E-state index contributed by atoms with van der Waals surface area (Å²) in [4.78, 5) is 6.92. The van der Waals surface area contributed by atoms with Crippen molar-refractivity contribution >= 4 is 29.9 Å². The van der Waals surface area contributed by atoms with Gasteiger partial charge in [-0.2, -0.15) is 0 Å². The van der Waals surface area contributed by atoms with E-state index >= 15 is 0 Å². The zero-order valence-corrected chi connectivity index (χ0v) is 20.1. The molecule has 7 heteroatoms.